The average Bonchev–Trinajstić information content (AvgIpc) is 3.16. The quantitative estimate of drug-likeness (QED) is 0.803. The Balaban J connectivity index is 1.63. The number of aromatic nitrogens is 2. The lowest BCUT2D eigenvalue weighted by Gasteiger charge is -2.36. The standard InChI is InChI=1S/C19H27N5O/c20-9-8-19(25)21-14-18-6-1-2-11-23(18)15-16-5-3-7-17(13-16)24-12-4-10-22-24/h3-5,7,10,12-13,18H,1-2,6,8-9,11,14-15,20H2,(H,21,25). The molecule has 2 heterocycles. The molecule has 0 saturated carbocycles. The van der Waals surface area contributed by atoms with Crippen LogP contribution in [0.25, 0.3) is 5.69 Å². The molecule has 0 bridgehead atoms. The molecule has 1 aliphatic rings. The molecule has 1 saturated heterocycles. The predicted octanol–water partition coefficient (Wildman–Crippen LogP) is 1.69. The molecule has 6 heteroatoms. The van der Waals surface area contributed by atoms with E-state index >= 15 is 0 Å². The zero-order valence-corrected chi connectivity index (χ0v) is 14.6. The van der Waals surface area contributed by atoms with E-state index in [1.165, 1.54) is 18.4 Å². The number of hydrogen-bond donors (Lipinski definition) is 2. The molecular weight excluding hydrogens is 314 g/mol. The molecule has 0 aliphatic carbocycles. The molecule has 1 unspecified atom stereocenters. The third kappa shape index (κ3) is 4.90. The number of carbonyl (C=O) groups excluding carboxylic acids is 1. The lowest BCUT2D eigenvalue weighted by atomic mass is 10.0. The van der Waals surface area contributed by atoms with Gasteiger partial charge in [-0.1, -0.05) is 18.6 Å². The molecule has 3 N–H and O–H groups in total. The van der Waals surface area contributed by atoms with E-state index in [0.717, 1.165) is 25.2 Å². The van der Waals surface area contributed by atoms with Crippen molar-refractivity contribution in [3.8, 4) is 5.69 Å². The Labute approximate surface area is 149 Å². The van der Waals surface area contributed by atoms with Crippen molar-refractivity contribution in [1.82, 2.24) is 20.0 Å². The van der Waals surface area contributed by atoms with Crippen LogP contribution in [0.5, 0.6) is 0 Å². The number of piperidine rings is 1. The minimum absolute atomic E-state index is 0.0497. The molecule has 1 fully saturated rings. The van der Waals surface area contributed by atoms with Crippen LogP contribution in [-0.2, 0) is 11.3 Å². The molecule has 134 valence electrons. The molecule has 25 heavy (non-hydrogen) atoms. The number of hydrogen-bond acceptors (Lipinski definition) is 4. The Morgan fingerprint density at radius 2 is 2.24 bits per heavy atom. The highest BCUT2D eigenvalue weighted by atomic mass is 16.1. The summed E-state index contributed by atoms with van der Waals surface area (Å²) in [7, 11) is 0. The third-order valence-corrected chi connectivity index (χ3v) is 4.72. The normalized spacial score (nSPS) is 18.2. The Bertz CT molecular complexity index is 670. The first-order valence-corrected chi connectivity index (χ1v) is 9.06. The van der Waals surface area contributed by atoms with Gasteiger partial charge in [0.2, 0.25) is 5.91 Å². The lowest BCUT2D eigenvalue weighted by molar-refractivity contribution is -0.121. The van der Waals surface area contributed by atoms with Crippen molar-refractivity contribution in [2.24, 2.45) is 5.73 Å². The van der Waals surface area contributed by atoms with E-state index in [-0.39, 0.29) is 5.91 Å². The van der Waals surface area contributed by atoms with Gasteiger partial charge in [-0.2, -0.15) is 5.10 Å². The summed E-state index contributed by atoms with van der Waals surface area (Å²) in [5, 5.41) is 7.33. The second kappa shape index (κ2) is 8.78. The molecule has 1 aromatic heterocycles. The Hall–Kier alpha value is -2.18. The van der Waals surface area contributed by atoms with Gasteiger partial charge in [0, 0.05) is 44.5 Å². The lowest BCUT2D eigenvalue weighted by Crippen LogP contribution is -2.46. The van der Waals surface area contributed by atoms with Gasteiger partial charge >= 0.3 is 0 Å². The van der Waals surface area contributed by atoms with Gasteiger partial charge in [-0.3, -0.25) is 9.69 Å². The molecular formula is C19H27N5O. The average molecular weight is 341 g/mol. The Morgan fingerprint density at radius 3 is 3.04 bits per heavy atom. The second-order valence-corrected chi connectivity index (χ2v) is 6.58. The number of nitrogens with two attached hydrogens (primary N) is 1. The van der Waals surface area contributed by atoms with Crippen LogP contribution in [0.1, 0.15) is 31.2 Å². The van der Waals surface area contributed by atoms with Crippen molar-refractivity contribution in [3.05, 3.63) is 48.3 Å². The highest BCUT2D eigenvalue weighted by molar-refractivity contribution is 5.76. The Kier molecular flexibility index (Phi) is 6.19. The zero-order chi connectivity index (χ0) is 17.5. The monoisotopic (exact) mass is 341 g/mol. The molecule has 0 spiro atoms. The topological polar surface area (TPSA) is 76.2 Å². The number of rotatable bonds is 7. The fourth-order valence-corrected chi connectivity index (χ4v) is 3.40. The number of likely N-dealkylation sites (tertiary alicyclic amines) is 1. The van der Waals surface area contributed by atoms with E-state index in [0.29, 0.717) is 25.6 Å². The van der Waals surface area contributed by atoms with Gasteiger partial charge in [0.1, 0.15) is 0 Å². The van der Waals surface area contributed by atoms with Crippen LogP contribution in [0, 0.1) is 0 Å². The molecule has 1 atom stereocenters. The van der Waals surface area contributed by atoms with E-state index in [2.05, 4.69) is 39.6 Å². The summed E-state index contributed by atoms with van der Waals surface area (Å²) < 4.78 is 1.88. The van der Waals surface area contributed by atoms with Gasteiger partial charge in [-0.15, -0.1) is 0 Å². The van der Waals surface area contributed by atoms with E-state index in [9.17, 15) is 4.79 Å². The summed E-state index contributed by atoms with van der Waals surface area (Å²) in [5.41, 5.74) is 7.79. The maximum Gasteiger partial charge on any atom is 0.221 e. The van der Waals surface area contributed by atoms with E-state index in [4.69, 9.17) is 5.73 Å². The van der Waals surface area contributed by atoms with Gasteiger partial charge in [-0.05, 0) is 43.1 Å². The van der Waals surface area contributed by atoms with Gasteiger partial charge < -0.3 is 11.1 Å². The molecule has 1 aliphatic heterocycles. The summed E-state index contributed by atoms with van der Waals surface area (Å²) in [6, 6.07) is 10.8. The van der Waals surface area contributed by atoms with Crippen LogP contribution in [0.3, 0.4) is 0 Å². The second-order valence-electron chi connectivity index (χ2n) is 6.58. The summed E-state index contributed by atoms with van der Waals surface area (Å²) >= 11 is 0. The zero-order valence-electron chi connectivity index (χ0n) is 14.6. The first-order valence-electron chi connectivity index (χ1n) is 9.06. The molecule has 6 nitrogen and oxygen atoms in total. The molecule has 2 aromatic rings. The number of benzene rings is 1. The minimum Gasteiger partial charge on any atom is -0.354 e. The van der Waals surface area contributed by atoms with Gasteiger partial charge in [0.05, 0.1) is 5.69 Å². The number of carbonyl (C=O) groups is 1. The molecule has 3 rings (SSSR count). The summed E-state index contributed by atoms with van der Waals surface area (Å²) in [6.45, 7) is 3.08. The van der Waals surface area contributed by atoms with Crippen LogP contribution < -0.4 is 11.1 Å². The van der Waals surface area contributed by atoms with Crippen molar-refractivity contribution >= 4 is 5.91 Å². The SMILES string of the molecule is NCCC(=O)NCC1CCCCN1Cc1cccc(-n2cccn2)c1. The van der Waals surface area contributed by atoms with Crippen LogP contribution in [0.15, 0.2) is 42.7 Å². The third-order valence-electron chi connectivity index (χ3n) is 4.72. The van der Waals surface area contributed by atoms with Crippen LogP contribution >= 0.6 is 0 Å². The van der Waals surface area contributed by atoms with Gasteiger partial charge in [0.25, 0.3) is 0 Å². The fraction of sp³-hybridized carbons (Fsp3) is 0.474. The van der Waals surface area contributed by atoms with Crippen molar-refractivity contribution in [2.45, 2.75) is 38.3 Å². The van der Waals surface area contributed by atoms with Crippen molar-refractivity contribution in [2.75, 3.05) is 19.6 Å². The van der Waals surface area contributed by atoms with Gasteiger partial charge in [0.15, 0.2) is 0 Å². The fourth-order valence-electron chi connectivity index (χ4n) is 3.40. The smallest absolute Gasteiger partial charge is 0.221 e. The van der Waals surface area contributed by atoms with Crippen molar-refractivity contribution in [1.29, 1.82) is 0 Å². The van der Waals surface area contributed by atoms with E-state index in [1.54, 1.807) is 6.20 Å². The maximum atomic E-state index is 11.7. The van der Waals surface area contributed by atoms with Gasteiger partial charge in [-0.25, -0.2) is 4.68 Å². The number of nitrogens with one attached hydrogen (secondary N) is 1. The van der Waals surface area contributed by atoms with Crippen LogP contribution in [0.2, 0.25) is 0 Å². The first-order chi connectivity index (χ1) is 12.3. The summed E-state index contributed by atoms with van der Waals surface area (Å²) in [6.07, 6.45) is 7.71. The van der Waals surface area contributed by atoms with Crippen LogP contribution in [0.4, 0.5) is 0 Å². The first kappa shape index (κ1) is 17.6. The summed E-state index contributed by atoms with van der Waals surface area (Å²) in [4.78, 5) is 14.2. The number of amides is 1. The largest absolute Gasteiger partial charge is 0.354 e. The molecule has 0 radical (unpaired) electrons. The highest BCUT2D eigenvalue weighted by Gasteiger charge is 2.22. The van der Waals surface area contributed by atoms with Crippen LogP contribution in [-0.4, -0.2) is 46.3 Å². The molecule has 1 amide bonds. The number of nitrogens with zero attached hydrogens (tertiary/aromatic N) is 3. The van der Waals surface area contributed by atoms with Crippen molar-refractivity contribution < 1.29 is 4.79 Å². The van der Waals surface area contributed by atoms with E-state index < -0.39 is 0 Å². The summed E-state index contributed by atoms with van der Waals surface area (Å²) in [5.74, 6) is 0.0497. The van der Waals surface area contributed by atoms with Crippen molar-refractivity contribution in [3.63, 3.8) is 0 Å². The highest BCUT2D eigenvalue weighted by Crippen LogP contribution is 2.20. The Morgan fingerprint density at radius 1 is 1.32 bits per heavy atom. The minimum atomic E-state index is 0.0497. The van der Waals surface area contributed by atoms with E-state index in [1.807, 2.05) is 16.9 Å². The predicted molar refractivity (Wildman–Crippen MR) is 98.3 cm³/mol. The molecule has 1 aromatic carbocycles. The maximum absolute atomic E-state index is 11.7.